The summed E-state index contributed by atoms with van der Waals surface area (Å²) in [5.74, 6) is -0.164. The molecule has 0 atom stereocenters. The van der Waals surface area contributed by atoms with E-state index in [0.29, 0.717) is 28.0 Å². The highest BCUT2D eigenvalue weighted by molar-refractivity contribution is 6.42. The highest BCUT2D eigenvalue weighted by Gasteiger charge is 2.12. The summed E-state index contributed by atoms with van der Waals surface area (Å²) in [6.07, 6.45) is 1.59. The molecule has 1 N–H and O–H groups in total. The zero-order valence-electron chi connectivity index (χ0n) is 14.4. The first-order valence-electron chi connectivity index (χ1n) is 8.05. The van der Waals surface area contributed by atoms with E-state index in [2.05, 4.69) is 10.4 Å². The summed E-state index contributed by atoms with van der Waals surface area (Å²) in [5, 5.41) is 7.87. The van der Waals surface area contributed by atoms with Crippen LogP contribution in [-0.4, -0.2) is 22.8 Å². The average molecular weight is 408 g/mol. The topological polar surface area (TPSA) is 56.1 Å². The van der Waals surface area contributed by atoms with Gasteiger partial charge in [0.2, 0.25) is 5.91 Å². The molecule has 3 rings (SSSR count). The monoisotopic (exact) mass is 407 g/mol. The highest BCUT2D eigenvalue weighted by Crippen LogP contribution is 2.26. The van der Waals surface area contributed by atoms with Gasteiger partial charge in [0.1, 0.15) is 5.82 Å². The molecule has 5 nitrogen and oxygen atoms in total. The molecule has 0 saturated heterocycles. The Morgan fingerprint density at radius 1 is 1.26 bits per heavy atom. The molecule has 0 fully saturated rings. The van der Waals surface area contributed by atoms with E-state index in [1.165, 1.54) is 19.2 Å². The Labute approximate surface area is 165 Å². The number of aromatic nitrogens is 2. The highest BCUT2D eigenvalue weighted by atomic mass is 35.5. The lowest BCUT2D eigenvalue weighted by atomic mass is 10.1. The number of benzene rings is 2. The summed E-state index contributed by atoms with van der Waals surface area (Å²) in [5.41, 5.74) is 1.32. The Hall–Kier alpha value is -2.57. The second-order valence-electron chi connectivity index (χ2n) is 5.78. The Bertz CT molecular complexity index is 975. The first-order valence-corrected chi connectivity index (χ1v) is 8.80. The van der Waals surface area contributed by atoms with Crippen LogP contribution in [0.25, 0.3) is 0 Å². The minimum Gasteiger partial charge on any atom is -0.494 e. The van der Waals surface area contributed by atoms with Gasteiger partial charge in [-0.2, -0.15) is 5.10 Å². The molecule has 0 bridgehead atoms. The normalized spacial score (nSPS) is 10.7. The molecule has 0 spiro atoms. The van der Waals surface area contributed by atoms with Gasteiger partial charge in [-0.15, -0.1) is 0 Å². The van der Waals surface area contributed by atoms with Crippen LogP contribution in [0.4, 0.5) is 10.2 Å². The molecule has 1 heterocycles. The van der Waals surface area contributed by atoms with Crippen molar-refractivity contribution >= 4 is 34.9 Å². The van der Waals surface area contributed by atoms with Gasteiger partial charge in [-0.3, -0.25) is 4.79 Å². The van der Waals surface area contributed by atoms with Crippen LogP contribution in [0.3, 0.4) is 0 Å². The van der Waals surface area contributed by atoms with Crippen molar-refractivity contribution in [1.29, 1.82) is 0 Å². The smallest absolute Gasteiger partial charge is 0.229 e. The molecular formula is C19H16Cl2FN3O2. The predicted octanol–water partition coefficient (Wildman–Crippen LogP) is 4.57. The van der Waals surface area contributed by atoms with Gasteiger partial charge in [0.05, 0.1) is 36.3 Å². The van der Waals surface area contributed by atoms with Crippen molar-refractivity contribution in [2.75, 3.05) is 12.4 Å². The molecule has 0 aliphatic carbocycles. The van der Waals surface area contributed by atoms with E-state index in [1.54, 1.807) is 35.1 Å². The van der Waals surface area contributed by atoms with Crippen molar-refractivity contribution < 1.29 is 13.9 Å². The van der Waals surface area contributed by atoms with Gasteiger partial charge in [-0.05, 0) is 29.3 Å². The first-order chi connectivity index (χ1) is 13.0. The molecule has 0 aliphatic rings. The van der Waals surface area contributed by atoms with Gasteiger partial charge in [-0.25, -0.2) is 9.07 Å². The fraction of sp³-hybridized carbons (Fsp3) is 0.158. The number of nitrogens with one attached hydrogen (secondary N) is 1. The summed E-state index contributed by atoms with van der Waals surface area (Å²) >= 11 is 12.2. The van der Waals surface area contributed by atoms with Crippen molar-refractivity contribution in [2.24, 2.45) is 0 Å². The van der Waals surface area contributed by atoms with Gasteiger partial charge in [0.25, 0.3) is 0 Å². The number of carbonyl (C=O) groups is 1. The third-order valence-corrected chi connectivity index (χ3v) is 4.77. The summed E-state index contributed by atoms with van der Waals surface area (Å²) in [6.45, 7) is 0.346. The number of anilines is 1. The molecule has 1 amide bonds. The predicted molar refractivity (Wildman–Crippen MR) is 103 cm³/mol. The number of hydrogen-bond donors (Lipinski definition) is 1. The Balaban J connectivity index is 1.70. The van der Waals surface area contributed by atoms with Crippen LogP contribution in [0, 0.1) is 5.82 Å². The van der Waals surface area contributed by atoms with E-state index in [-0.39, 0.29) is 18.1 Å². The van der Waals surface area contributed by atoms with Crippen LogP contribution < -0.4 is 10.1 Å². The number of methoxy groups -OCH3 is 1. The minimum atomic E-state index is -0.511. The number of hydrogen-bond acceptors (Lipinski definition) is 3. The summed E-state index contributed by atoms with van der Waals surface area (Å²) in [4.78, 5) is 12.3. The molecule has 0 radical (unpaired) electrons. The molecule has 8 heteroatoms. The van der Waals surface area contributed by atoms with Crippen molar-refractivity contribution in [3.8, 4) is 5.75 Å². The lowest BCUT2D eigenvalue weighted by Gasteiger charge is -2.11. The molecule has 140 valence electrons. The Morgan fingerprint density at radius 2 is 2.07 bits per heavy atom. The number of nitrogens with zero attached hydrogens (tertiary/aromatic N) is 2. The van der Waals surface area contributed by atoms with E-state index in [9.17, 15) is 9.18 Å². The summed E-state index contributed by atoms with van der Waals surface area (Å²) in [7, 11) is 1.39. The molecule has 0 aliphatic heterocycles. The van der Waals surface area contributed by atoms with Crippen molar-refractivity contribution in [1.82, 2.24) is 9.78 Å². The van der Waals surface area contributed by atoms with Gasteiger partial charge in [0, 0.05) is 6.07 Å². The lowest BCUT2D eigenvalue weighted by molar-refractivity contribution is -0.115. The number of amides is 1. The molecule has 0 saturated carbocycles. The molecular weight excluding hydrogens is 392 g/mol. The van der Waals surface area contributed by atoms with Crippen molar-refractivity contribution in [2.45, 2.75) is 13.0 Å². The minimum absolute atomic E-state index is 0.0179. The maximum Gasteiger partial charge on any atom is 0.229 e. The zero-order chi connectivity index (χ0) is 19.4. The van der Waals surface area contributed by atoms with Gasteiger partial charge >= 0.3 is 0 Å². The standard InChI is InChI=1S/C19H16Cl2FN3O2/c1-27-16-6-5-12(9-15(16)22)10-18(26)24-17-7-8-23-25(17)11-13-3-2-4-14(20)19(13)21/h2-9H,10-11H2,1H3,(H,24,26). The van der Waals surface area contributed by atoms with Crippen LogP contribution in [0.15, 0.2) is 48.7 Å². The van der Waals surface area contributed by atoms with Crippen LogP contribution in [0.1, 0.15) is 11.1 Å². The fourth-order valence-electron chi connectivity index (χ4n) is 2.59. The quantitative estimate of drug-likeness (QED) is 0.650. The fourth-order valence-corrected chi connectivity index (χ4v) is 2.97. The maximum absolute atomic E-state index is 13.8. The van der Waals surface area contributed by atoms with Crippen molar-refractivity contribution in [3.63, 3.8) is 0 Å². The SMILES string of the molecule is COc1ccc(CC(=O)Nc2ccnn2Cc2cccc(Cl)c2Cl)cc1F. The van der Waals surface area contributed by atoms with Gasteiger partial charge < -0.3 is 10.1 Å². The zero-order valence-corrected chi connectivity index (χ0v) is 15.9. The van der Waals surface area contributed by atoms with E-state index in [1.807, 2.05) is 6.07 Å². The van der Waals surface area contributed by atoms with Crippen LogP contribution in [0.2, 0.25) is 10.0 Å². The second kappa shape index (κ2) is 8.41. The average Bonchev–Trinajstić information content (AvgIpc) is 3.05. The number of halogens is 3. The van der Waals surface area contributed by atoms with E-state index >= 15 is 0 Å². The lowest BCUT2D eigenvalue weighted by Crippen LogP contribution is -2.18. The van der Waals surface area contributed by atoms with E-state index in [4.69, 9.17) is 27.9 Å². The number of carbonyl (C=O) groups excluding carboxylic acids is 1. The molecule has 27 heavy (non-hydrogen) atoms. The van der Waals surface area contributed by atoms with Gasteiger partial charge in [0.15, 0.2) is 11.6 Å². The second-order valence-corrected chi connectivity index (χ2v) is 6.57. The first kappa shape index (κ1) is 19.2. The van der Waals surface area contributed by atoms with E-state index in [0.717, 1.165) is 5.56 Å². The van der Waals surface area contributed by atoms with Crippen LogP contribution >= 0.6 is 23.2 Å². The largest absolute Gasteiger partial charge is 0.494 e. The third-order valence-electron chi connectivity index (χ3n) is 3.92. The van der Waals surface area contributed by atoms with Crippen molar-refractivity contribution in [3.05, 3.63) is 75.7 Å². The molecule has 2 aromatic carbocycles. The third kappa shape index (κ3) is 4.59. The van der Waals surface area contributed by atoms with Gasteiger partial charge in [-0.1, -0.05) is 41.4 Å². The van der Waals surface area contributed by atoms with Crippen LogP contribution in [-0.2, 0) is 17.8 Å². The summed E-state index contributed by atoms with van der Waals surface area (Å²) in [6, 6.07) is 11.4. The molecule has 1 aromatic heterocycles. The van der Waals surface area contributed by atoms with Crippen LogP contribution in [0.5, 0.6) is 5.75 Å². The maximum atomic E-state index is 13.8. The Kier molecular flexibility index (Phi) is 5.98. The van der Waals surface area contributed by atoms with E-state index < -0.39 is 5.82 Å². The molecule has 0 unspecified atom stereocenters. The Morgan fingerprint density at radius 3 is 2.81 bits per heavy atom. The summed E-state index contributed by atoms with van der Waals surface area (Å²) < 4.78 is 20.2. The molecule has 3 aromatic rings. The number of rotatable bonds is 6. The number of ether oxygens (including phenoxy) is 1.